The summed E-state index contributed by atoms with van der Waals surface area (Å²) in [5.41, 5.74) is 6.77. The molecule has 0 amide bonds. The second kappa shape index (κ2) is 6.00. The molecule has 0 bridgehead atoms. The highest BCUT2D eigenvalue weighted by Crippen LogP contribution is 2.49. The number of nitrogens with two attached hydrogens (primary N) is 1. The van der Waals surface area contributed by atoms with Crippen LogP contribution in [0.4, 0.5) is 4.39 Å². The number of nitrogens with one attached hydrogen (secondary N) is 1. The van der Waals surface area contributed by atoms with Crippen LogP contribution in [0.1, 0.15) is 37.3 Å². The van der Waals surface area contributed by atoms with Crippen molar-refractivity contribution >= 4 is 11.6 Å². The minimum atomic E-state index is -0.302. The van der Waals surface area contributed by atoms with Crippen molar-refractivity contribution in [3.8, 4) is 0 Å². The number of hydrogen-bond donors (Lipinski definition) is 2. The average Bonchev–Trinajstić information content (AvgIpc) is 3.28. The van der Waals surface area contributed by atoms with Crippen molar-refractivity contribution in [3.63, 3.8) is 0 Å². The molecule has 0 radical (unpaired) electrons. The van der Waals surface area contributed by atoms with Crippen LogP contribution in [0, 0.1) is 23.6 Å². The monoisotopic (exact) mass is 296 g/mol. The molecule has 0 saturated heterocycles. The van der Waals surface area contributed by atoms with Gasteiger partial charge in [0.05, 0.1) is 0 Å². The zero-order valence-corrected chi connectivity index (χ0v) is 12.4. The molecule has 1 aromatic rings. The largest absolute Gasteiger partial charge is 0.329 e. The lowest BCUT2D eigenvalue weighted by Gasteiger charge is -2.23. The van der Waals surface area contributed by atoms with Gasteiger partial charge in [0.1, 0.15) is 5.82 Å². The SMILES string of the molecule is NCC(NCC(C1CC1)C1CC1)c1ccc(F)cc1Cl. The van der Waals surface area contributed by atoms with Gasteiger partial charge in [0.2, 0.25) is 0 Å². The highest BCUT2D eigenvalue weighted by atomic mass is 35.5. The van der Waals surface area contributed by atoms with E-state index in [1.54, 1.807) is 6.07 Å². The molecule has 2 fully saturated rings. The van der Waals surface area contributed by atoms with E-state index in [0.29, 0.717) is 11.6 Å². The zero-order chi connectivity index (χ0) is 14.1. The fourth-order valence-corrected chi connectivity index (χ4v) is 3.45. The molecule has 1 aromatic carbocycles. The summed E-state index contributed by atoms with van der Waals surface area (Å²) < 4.78 is 13.1. The van der Waals surface area contributed by atoms with E-state index in [1.807, 2.05) is 0 Å². The lowest BCUT2D eigenvalue weighted by molar-refractivity contribution is 0.357. The van der Waals surface area contributed by atoms with E-state index in [2.05, 4.69) is 5.32 Å². The summed E-state index contributed by atoms with van der Waals surface area (Å²) in [5.74, 6) is 2.32. The van der Waals surface area contributed by atoms with Crippen LogP contribution in [-0.4, -0.2) is 13.1 Å². The summed E-state index contributed by atoms with van der Waals surface area (Å²) in [6, 6.07) is 4.57. The van der Waals surface area contributed by atoms with Gasteiger partial charge in [-0.2, -0.15) is 0 Å². The predicted molar refractivity (Wildman–Crippen MR) is 80.1 cm³/mol. The van der Waals surface area contributed by atoms with Gasteiger partial charge in [-0.1, -0.05) is 17.7 Å². The van der Waals surface area contributed by atoms with Crippen molar-refractivity contribution in [2.24, 2.45) is 23.5 Å². The Balaban J connectivity index is 1.63. The van der Waals surface area contributed by atoms with E-state index >= 15 is 0 Å². The molecule has 4 heteroatoms. The topological polar surface area (TPSA) is 38.0 Å². The van der Waals surface area contributed by atoms with Crippen LogP contribution < -0.4 is 11.1 Å². The Bertz CT molecular complexity index is 460. The van der Waals surface area contributed by atoms with Gasteiger partial charge in [-0.25, -0.2) is 4.39 Å². The maximum atomic E-state index is 13.1. The summed E-state index contributed by atoms with van der Waals surface area (Å²) >= 11 is 6.13. The van der Waals surface area contributed by atoms with Crippen molar-refractivity contribution < 1.29 is 4.39 Å². The summed E-state index contributed by atoms with van der Waals surface area (Å²) in [6.07, 6.45) is 5.53. The van der Waals surface area contributed by atoms with E-state index in [-0.39, 0.29) is 11.9 Å². The average molecular weight is 297 g/mol. The van der Waals surface area contributed by atoms with E-state index in [4.69, 9.17) is 17.3 Å². The molecule has 0 aromatic heterocycles. The molecule has 3 rings (SSSR count). The zero-order valence-electron chi connectivity index (χ0n) is 11.6. The number of hydrogen-bond acceptors (Lipinski definition) is 2. The summed E-state index contributed by atoms with van der Waals surface area (Å²) in [7, 11) is 0. The quantitative estimate of drug-likeness (QED) is 0.808. The van der Waals surface area contributed by atoms with Crippen LogP contribution >= 0.6 is 11.6 Å². The fourth-order valence-electron chi connectivity index (χ4n) is 3.15. The Morgan fingerprint density at radius 2 is 1.90 bits per heavy atom. The van der Waals surface area contributed by atoms with Crippen LogP contribution in [0.2, 0.25) is 5.02 Å². The smallest absolute Gasteiger partial charge is 0.124 e. The Morgan fingerprint density at radius 1 is 1.25 bits per heavy atom. The van der Waals surface area contributed by atoms with Crippen LogP contribution in [0.5, 0.6) is 0 Å². The third-order valence-corrected chi connectivity index (χ3v) is 4.96. The minimum absolute atomic E-state index is 0.0168. The Labute approximate surface area is 124 Å². The first-order valence-corrected chi connectivity index (χ1v) is 7.95. The molecule has 20 heavy (non-hydrogen) atoms. The molecule has 110 valence electrons. The minimum Gasteiger partial charge on any atom is -0.329 e. The van der Waals surface area contributed by atoms with Crippen LogP contribution in [0.3, 0.4) is 0 Å². The van der Waals surface area contributed by atoms with Crippen molar-refractivity contribution in [3.05, 3.63) is 34.6 Å². The molecule has 0 heterocycles. The maximum absolute atomic E-state index is 13.1. The molecule has 2 nitrogen and oxygen atoms in total. The first-order valence-electron chi connectivity index (χ1n) is 7.57. The second-order valence-corrected chi connectivity index (χ2v) is 6.61. The number of rotatable bonds is 7. The lowest BCUT2D eigenvalue weighted by Crippen LogP contribution is -2.33. The Morgan fingerprint density at radius 3 is 2.40 bits per heavy atom. The van der Waals surface area contributed by atoms with Crippen LogP contribution in [-0.2, 0) is 0 Å². The molecule has 2 saturated carbocycles. The van der Waals surface area contributed by atoms with Crippen LogP contribution in [0.15, 0.2) is 18.2 Å². The first kappa shape index (κ1) is 14.3. The van der Waals surface area contributed by atoms with Crippen molar-refractivity contribution in [1.29, 1.82) is 0 Å². The molecule has 3 N–H and O–H groups in total. The molecule has 1 unspecified atom stereocenters. The van der Waals surface area contributed by atoms with Crippen molar-refractivity contribution in [2.45, 2.75) is 31.7 Å². The summed E-state index contributed by atoms with van der Waals surface area (Å²) in [5, 5.41) is 4.02. The van der Waals surface area contributed by atoms with E-state index in [1.165, 1.54) is 37.8 Å². The van der Waals surface area contributed by atoms with Gasteiger partial charge in [0.25, 0.3) is 0 Å². The van der Waals surface area contributed by atoms with Gasteiger partial charge >= 0.3 is 0 Å². The normalized spacial score (nSPS) is 20.4. The van der Waals surface area contributed by atoms with Gasteiger partial charge in [-0.05, 0) is 67.7 Å². The third kappa shape index (κ3) is 3.33. The fraction of sp³-hybridized carbons (Fsp3) is 0.625. The number of benzene rings is 1. The Hall–Kier alpha value is -0.640. The predicted octanol–water partition coefficient (Wildman–Crippen LogP) is 3.50. The standard InChI is InChI=1S/C16H22ClFN2/c17-15-7-12(18)5-6-13(15)16(8-19)20-9-14(10-1-2-10)11-3-4-11/h5-7,10-11,14,16,20H,1-4,8-9,19H2. The van der Waals surface area contributed by atoms with E-state index < -0.39 is 0 Å². The molecule has 0 spiro atoms. The lowest BCUT2D eigenvalue weighted by atomic mass is 9.97. The molecule has 1 atom stereocenters. The van der Waals surface area contributed by atoms with E-state index in [0.717, 1.165) is 29.9 Å². The van der Waals surface area contributed by atoms with Gasteiger partial charge < -0.3 is 11.1 Å². The van der Waals surface area contributed by atoms with Crippen LogP contribution in [0.25, 0.3) is 0 Å². The molecular formula is C16H22ClFN2. The van der Waals surface area contributed by atoms with Crippen molar-refractivity contribution in [2.75, 3.05) is 13.1 Å². The summed E-state index contributed by atoms with van der Waals surface area (Å²) in [6.45, 7) is 1.48. The number of halogens is 2. The van der Waals surface area contributed by atoms with Gasteiger partial charge in [-0.3, -0.25) is 0 Å². The van der Waals surface area contributed by atoms with Gasteiger partial charge in [0, 0.05) is 17.6 Å². The van der Waals surface area contributed by atoms with Crippen molar-refractivity contribution in [1.82, 2.24) is 5.32 Å². The van der Waals surface area contributed by atoms with E-state index in [9.17, 15) is 4.39 Å². The molecule has 2 aliphatic rings. The maximum Gasteiger partial charge on any atom is 0.124 e. The molecule has 0 aliphatic heterocycles. The molecule has 2 aliphatic carbocycles. The second-order valence-electron chi connectivity index (χ2n) is 6.20. The Kier molecular flexibility index (Phi) is 4.29. The van der Waals surface area contributed by atoms with Gasteiger partial charge in [0.15, 0.2) is 0 Å². The summed E-state index contributed by atoms with van der Waals surface area (Å²) in [4.78, 5) is 0. The first-order chi connectivity index (χ1) is 9.69. The third-order valence-electron chi connectivity index (χ3n) is 4.63. The highest BCUT2D eigenvalue weighted by Gasteiger charge is 2.41. The van der Waals surface area contributed by atoms with Gasteiger partial charge in [-0.15, -0.1) is 0 Å². The molecular weight excluding hydrogens is 275 g/mol. The highest BCUT2D eigenvalue weighted by molar-refractivity contribution is 6.31.